The predicted octanol–water partition coefficient (Wildman–Crippen LogP) is 4.80. The number of rotatable bonds is 13. The molecule has 0 aliphatic rings. The molecule has 4 nitrogen and oxygen atoms in total. The fourth-order valence-electron chi connectivity index (χ4n) is 2.33. The molecule has 0 unspecified atom stereocenters. The minimum Gasteiger partial charge on any atom is -0.466 e. The van der Waals surface area contributed by atoms with Crippen molar-refractivity contribution in [3.05, 3.63) is 35.9 Å². The Hall–Kier alpha value is -1.84. The zero-order valence-corrected chi connectivity index (χ0v) is 14.8. The van der Waals surface area contributed by atoms with E-state index < -0.39 is 0 Å². The summed E-state index contributed by atoms with van der Waals surface area (Å²) in [4.78, 5) is 23.2. The van der Waals surface area contributed by atoms with Gasteiger partial charge in [0.2, 0.25) is 0 Å². The zero-order chi connectivity index (χ0) is 17.5. The van der Waals surface area contributed by atoms with E-state index in [0.717, 1.165) is 18.4 Å². The van der Waals surface area contributed by atoms with Crippen molar-refractivity contribution in [2.24, 2.45) is 0 Å². The fourth-order valence-corrected chi connectivity index (χ4v) is 2.33. The van der Waals surface area contributed by atoms with Crippen LogP contribution in [0, 0.1) is 0 Å². The van der Waals surface area contributed by atoms with Crippen LogP contribution in [0.5, 0.6) is 0 Å². The average Bonchev–Trinajstić information content (AvgIpc) is 2.61. The van der Waals surface area contributed by atoms with Crippen molar-refractivity contribution in [2.45, 2.75) is 71.3 Å². The Morgan fingerprint density at radius 1 is 0.792 bits per heavy atom. The summed E-state index contributed by atoms with van der Waals surface area (Å²) in [6.07, 6.45) is 8.46. The van der Waals surface area contributed by atoms with Gasteiger partial charge in [0.15, 0.2) is 0 Å². The van der Waals surface area contributed by atoms with Crippen molar-refractivity contribution in [3.63, 3.8) is 0 Å². The van der Waals surface area contributed by atoms with Gasteiger partial charge >= 0.3 is 11.9 Å². The summed E-state index contributed by atoms with van der Waals surface area (Å²) in [6.45, 7) is 2.90. The van der Waals surface area contributed by atoms with Crippen LogP contribution in [0.1, 0.15) is 70.3 Å². The highest BCUT2D eigenvalue weighted by molar-refractivity contribution is 5.77. The van der Waals surface area contributed by atoms with Gasteiger partial charge in [0, 0.05) is 0 Å². The second kappa shape index (κ2) is 13.6. The number of esters is 2. The quantitative estimate of drug-likeness (QED) is 0.384. The van der Waals surface area contributed by atoms with E-state index in [0.29, 0.717) is 6.61 Å². The Morgan fingerprint density at radius 2 is 1.38 bits per heavy atom. The molecular weight excluding hydrogens is 304 g/mol. The highest BCUT2D eigenvalue weighted by Gasteiger charge is 2.09. The normalized spacial score (nSPS) is 10.4. The molecule has 1 rings (SSSR count). The Bertz CT molecular complexity index is 456. The first-order chi connectivity index (χ1) is 11.7. The van der Waals surface area contributed by atoms with E-state index in [1.807, 2.05) is 30.3 Å². The first kappa shape index (κ1) is 20.2. The van der Waals surface area contributed by atoms with Crippen LogP contribution in [0.25, 0.3) is 0 Å². The Morgan fingerprint density at radius 3 is 2.04 bits per heavy atom. The lowest BCUT2D eigenvalue weighted by Gasteiger charge is -2.06. The second-order valence-corrected chi connectivity index (χ2v) is 5.99. The predicted molar refractivity (Wildman–Crippen MR) is 94.4 cm³/mol. The number of unbranched alkanes of at least 4 members (excludes halogenated alkanes) is 6. The molecular formula is C20H30O4. The monoisotopic (exact) mass is 334 g/mol. The Balaban J connectivity index is 1.96. The van der Waals surface area contributed by atoms with Crippen molar-refractivity contribution in [1.29, 1.82) is 0 Å². The van der Waals surface area contributed by atoms with Crippen molar-refractivity contribution in [2.75, 3.05) is 6.61 Å². The molecule has 0 radical (unpaired) electrons. The van der Waals surface area contributed by atoms with Gasteiger partial charge in [0.1, 0.15) is 6.61 Å². The van der Waals surface area contributed by atoms with E-state index in [1.165, 1.54) is 32.1 Å². The van der Waals surface area contributed by atoms with Crippen LogP contribution in [0.2, 0.25) is 0 Å². The van der Waals surface area contributed by atoms with Crippen molar-refractivity contribution >= 4 is 11.9 Å². The van der Waals surface area contributed by atoms with Gasteiger partial charge in [0.25, 0.3) is 0 Å². The molecule has 1 aromatic carbocycles. The molecule has 0 heterocycles. The van der Waals surface area contributed by atoms with Crippen LogP contribution in [0.4, 0.5) is 0 Å². The lowest BCUT2D eigenvalue weighted by atomic mass is 10.1. The molecule has 0 N–H and O–H groups in total. The minimum absolute atomic E-state index is 0.0721. The number of hydrogen-bond acceptors (Lipinski definition) is 4. The Labute approximate surface area is 145 Å². The van der Waals surface area contributed by atoms with Crippen LogP contribution in [-0.2, 0) is 25.7 Å². The molecule has 0 aliphatic carbocycles. The van der Waals surface area contributed by atoms with Crippen LogP contribution < -0.4 is 0 Å². The maximum Gasteiger partial charge on any atom is 0.306 e. The maximum atomic E-state index is 11.6. The number of carbonyl (C=O) groups is 2. The molecule has 0 saturated heterocycles. The smallest absolute Gasteiger partial charge is 0.306 e. The van der Waals surface area contributed by atoms with Gasteiger partial charge in [-0.2, -0.15) is 0 Å². The number of carbonyl (C=O) groups excluding carboxylic acids is 2. The standard InChI is InChI=1S/C20H30O4/c1-2-3-4-5-6-7-11-16-23-19(21)14-15-20(22)24-17-18-12-9-8-10-13-18/h8-10,12-13H,2-7,11,14-17H2,1H3. The highest BCUT2D eigenvalue weighted by atomic mass is 16.5. The lowest BCUT2D eigenvalue weighted by Crippen LogP contribution is -2.11. The van der Waals surface area contributed by atoms with Crippen molar-refractivity contribution in [3.8, 4) is 0 Å². The van der Waals surface area contributed by atoms with Gasteiger partial charge in [-0.15, -0.1) is 0 Å². The highest BCUT2D eigenvalue weighted by Crippen LogP contribution is 2.07. The largest absolute Gasteiger partial charge is 0.466 e. The minimum atomic E-state index is -0.369. The van der Waals surface area contributed by atoms with Gasteiger partial charge in [-0.1, -0.05) is 75.8 Å². The third-order valence-electron chi connectivity index (χ3n) is 3.79. The first-order valence-electron chi connectivity index (χ1n) is 9.07. The van der Waals surface area contributed by atoms with Gasteiger partial charge in [-0.25, -0.2) is 0 Å². The van der Waals surface area contributed by atoms with E-state index in [4.69, 9.17) is 9.47 Å². The number of hydrogen-bond donors (Lipinski definition) is 0. The van der Waals surface area contributed by atoms with E-state index in [9.17, 15) is 9.59 Å². The lowest BCUT2D eigenvalue weighted by molar-refractivity contribution is -0.151. The molecule has 0 aromatic heterocycles. The zero-order valence-electron chi connectivity index (χ0n) is 14.8. The fraction of sp³-hybridized carbons (Fsp3) is 0.600. The number of ether oxygens (including phenoxy) is 2. The molecule has 1 aromatic rings. The van der Waals surface area contributed by atoms with Crippen LogP contribution in [-0.4, -0.2) is 18.5 Å². The molecule has 0 aliphatic heterocycles. The summed E-state index contributed by atoms with van der Waals surface area (Å²) in [6, 6.07) is 9.48. The SMILES string of the molecule is CCCCCCCCCOC(=O)CCC(=O)OCc1ccccc1. The average molecular weight is 334 g/mol. The van der Waals surface area contributed by atoms with Gasteiger partial charge in [0.05, 0.1) is 19.4 Å². The van der Waals surface area contributed by atoms with Gasteiger partial charge in [-0.05, 0) is 12.0 Å². The molecule has 0 amide bonds. The first-order valence-corrected chi connectivity index (χ1v) is 9.07. The third kappa shape index (κ3) is 10.8. The third-order valence-corrected chi connectivity index (χ3v) is 3.79. The van der Waals surface area contributed by atoms with Crippen molar-refractivity contribution < 1.29 is 19.1 Å². The van der Waals surface area contributed by atoms with E-state index in [1.54, 1.807) is 0 Å². The summed E-state index contributed by atoms with van der Waals surface area (Å²) in [5.74, 6) is -0.690. The molecule has 0 atom stereocenters. The molecule has 4 heteroatoms. The summed E-state index contributed by atoms with van der Waals surface area (Å²) >= 11 is 0. The topological polar surface area (TPSA) is 52.6 Å². The van der Waals surface area contributed by atoms with E-state index in [-0.39, 0.29) is 31.4 Å². The van der Waals surface area contributed by atoms with Gasteiger partial charge < -0.3 is 9.47 Å². The molecule has 0 fully saturated rings. The summed E-state index contributed by atoms with van der Waals surface area (Å²) in [5, 5.41) is 0. The van der Waals surface area contributed by atoms with Gasteiger partial charge in [-0.3, -0.25) is 9.59 Å². The number of benzene rings is 1. The van der Waals surface area contributed by atoms with Crippen LogP contribution >= 0.6 is 0 Å². The summed E-state index contributed by atoms with van der Waals surface area (Å²) < 4.78 is 10.3. The van der Waals surface area contributed by atoms with E-state index >= 15 is 0 Å². The molecule has 0 saturated carbocycles. The molecule has 0 spiro atoms. The van der Waals surface area contributed by atoms with Crippen molar-refractivity contribution in [1.82, 2.24) is 0 Å². The summed E-state index contributed by atoms with van der Waals surface area (Å²) in [5.41, 5.74) is 0.937. The maximum absolute atomic E-state index is 11.6. The van der Waals surface area contributed by atoms with Crippen LogP contribution in [0.3, 0.4) is 0 Å². The molecule has 24 heavy (non-hydrogen) atoms. The van der Waals surface area contributed by atoms with Crippen LogP contribution in [0.15, 0.2) is 30.3 Å². The van der Waals surface area contributed by atoms with E-state index in [2.05, 4.69) is 6.92 Å². The molecule has 134 valence electrons. The Kier molecular flexibility index (Phi) is 11.4. The molecule has 0 bridgehead atoms. The summed E-state index contributed by atoms with van der Waals surface area (Å²) in [7, 11) is 0. The second-order valence-electron chi connectivity index (χ2n) is 5.99.